The number of benzene rings is 1. The van der Waals surface area contributed by atoms with E-state index in [0.29, 0.717) is 19.4 Å². The Bertz CT molecular complexity index is 900. The molecule has 0 aliphatic rings. The summed E-state index contributed by atoms with van der Waals surface area (Å²) in [6.45, 7) is 5.50. The number of carbonyl (C=O) groups excluding carboxylic acids is 4. The van der Waals surface area contributed by atoms with Crippen LogP contribution in [0.4, 0.5) is 9.59 Å². The topological polar surface area (TPSA) is 169 Å². The summed E-state index contributed by atoms with van der Waals surface area (Å²) in [5, 5.41) is 16.5. The van der Waals surface area contributed by atoms with Crippen LogP contribution in [0.15, 0.2) is 30.3 Å². The molecule has 0 fully saturated rings. The molecule has 12 nitrogen and oxygen atoms in total. The van der Waals surface area contributed by atoms with Crippen molar-refractivity contribution in [2.24, 2.45) is 0 Å². The summed E-state index contributed by atoms with van der Waals surface area (Å²) < 4.78 is 15.0. The smallest absolute Gasteiger partial charge is 0.408 e. The zero-order valence-corrected chi connectivity index (χ0v) is 21.7. The van der Waals surface area contributed by atoms with Crippen LogP contribution < -0.4 is 16.0 Å². The summed E-state index contributed by atoms with van der Waals surface area (Å²) in [5.41, 5.74) is 0.111. The molecule has 0 spiro atoms. The van der Waals surface area contributed by atoms with Crippen molar-refractivity contribution in [3.05, 3.63) is 35.9 Å². The molecule has 0 unspecified atom stereocenters. The largest absolute Gasteiger partial charge is 0.481 e. The molecule has 0 saturated heterocycles. The molecule has 1 aromatic rings. The lowest BCUT2D eigenvalue weighted by atomic mass is 10.1. The Balaban J connectivity index is 2.65. The Labute approximate surface area is 216 Å². The lowest BCUT2D eigenvalue weighted by Crippen LogP contribution is -2.52. The monoisotopic (exact) mass is 523 g/mol. The van der Waals surface area contributed by atoms with Crippen molar-refractivity contribution < 1.29 is 43.3 Å². The average molecular weight is 524 g/mol. The number of unbranched alkanes of at least 4 members (excludes halogenated alkanes) is 1. The average Bonchev–Trinajstić information content (AvgIpc) is 2.83. The number of nitrogens with one attached hydrogen (secondary N) is 3. The minimum absolute atomic E-state index is 0.0396. The highest BCUT2D eigenvalue weighted by Crippen LogP contribution is 2.08. The molecule has 4 N–H and O–H groups in total. The summed E-state index contributed by atoms with van der Waals surface area (Å²) in [6.07, 6.45) is -0.935. The van der Waals surface area contributed by atoms with Crippen LogP contribution >= 0.6 is 0 Å². The van der Waals surface area contributed by atoms with Gasteiger partial charge < -0.3 is 35.3 Å². The van der Waals surface area contributed by atoms with E-state index in [1.54, 1.807) is 45.0 Å². The highest BCUT2D eigenvalue weighted by molar-refractivity contribution is 5.90. The highest BCUT2D eigenvalue weighted by atomic mass is 16.6. The van der Waals surface area contributed by atoms with Crippen molar-refractivity contribution in [2.45, 2.75) is 77.2 Å². The summed E-state index contributed by atoms with van der Waals surface area (Å²) >= 11 is 0. The third-order valence-corrected chi connectivity index (χ3v) is 4.86. The summed E-state index contributed by atoms with van der Waals surface area (Å²) in [5.74, 6) is -2.60. The second-order valence-electron chi connectivity index (χ2n) is 9.20. The second kappa shape index (κ2) is 16.0. The van der Waals surface area contributed by atoms with Gasteiger partial charge in [-0.15, -0.1) is 0 Å². The molecule has 1 rings (SSSR count). The van der Waals surface area contributed by atoms with Gasteiger partial charge in [0.1, 0.15) is 24.3 Å². The van der Waals surface area contributed by atoms with Crippen molar-refractivity contribution in [3.8, 4) is 0 Å². The number of hydrogen-bond donors (Lipinski definition) is 4. The van der Waals surface area contributed by atoms with E-state index >= 15 is 0 Å². The fourth-order valence-corrected chi connectivity index (χ4v) is 3.09. The third kappa shape index (κ3) is 14.4. The van der Waals surface area contributed by atoms with Gasteiger partial charge in [-0.2, -0.15) is 0 Å². The Morgan fingerprint density at radius 2 is 1.59 bits per heavy atom. The molecule has 0 saturated carbocycles. The molecule has 0 radical (unpaired) electrons. The number of rotatable bonds is 14. The number of aliphatic carboxylic acids is 1. The van der Waals surface area contributed by atoms with E-state index in [-0.39, 0.29) is 19.4 Å². The van der Waals surface area contributed by atoms with E-state index in [0.717, 1.165) is 5.56 Å². The van der Waals surface area contributed by atoms with Crippen LogP contribution in [0.3, 0.4) is 0 Å². The number of methoxy groups -OCH3 is 1. The van der Waals surface area contributed by atoms with Gasteiger partial charge in [-0.1, -0.05) is 30.3 Å². The first kappa shape index (κ1) is 31.2. The molecule has 1 aromatic carbocycles. The first-order valence-corrected chi connectivity index (χ1v) is 12.0. The van der Waals surface area contributed by atoms with Crippen LogP contribution in [0.5, 0.6) is 0 Å². The van der Waals surface area contributed by atoms with Gasteiger partial charge in [0, 0.05) is 13.0 Å². The van der Waals surface area contributed by atoms with E-state index in [2.05, 4.69) is 16.0 Å². The zero-order chi connectivity index (χ0) is 27.8. The third-order valence-electron chi connectivity index (χ3n) is 4.86. The van der Waals surface area contributed by atoms with Crippen LogP contribution in [-0.2, 0) is 35.2 Å². The first-order valence-electron chi connectivity index (χ1n) is 12.0. The van der Waals surface area contributed by atoms with Gasteiger partial charge in [0.2, 0.25) is 5.91 Å². The maximum absolute atomic E-state index is 12.9. The van der Waals surface area contributed by atoms with Crippen LogP contribution in [0.1, 0.15) is 58.4 Å². The lowest BCUT2D eigenvalue weighted by Gasteiger charge is -2.22. The lowest BCUT2D eigenvalue weighted by molar-refractivity contribution is -0.145. The second-order valence-corrected chi connectivity index (χ2v) is 9.20. The van der Waals surface area contributed by atoms with Gasteiger partial charge in [0.15, 0.2) is 0 Å². The van der Waals surface area contributed by atoms with Gasteiger partial charge in [0.25, 0.3) is 0 Å². The molecule has 12 heteroatoms. The van der Waals surface area contributed by atoms with Crippen molar-refractivity contribution in [1.29, 1.82) is 0 Å². The SMILES string of the molecule is COC(=O)[C@H](CCCCNC(=O)OC(C)(C)C)NC(=O)[C@H](CCC(=O)O)NC(=O)OCc1ccccc1. The molecule has 0 aliphatic carbocycles. The number of alkyl carbamates (subject to hydrolysis) is 2. The number of carboxylic acids is 1. The zero-order valence-electron chi connectivity index (χ0n) is 21.7. The fraction of sp³-hybridized carbons (Fsp3) is 0.560. The number of amides is 3. The Morgan fingerprint density at radius 3 is 2.19 bits per heavy atom. The molecular formula is C25H37N3O9. The quantitative estimate of drug-likeness (QED) is 0.163. The minimum atomic E-state index is -1.25. The van der Waals surface area contributed by atoms with Gasteiger partial charge in [0.05, 0.1) is 7.11 Å². The van der Waals surface area contributed by atoms with Crippen LogP contribution in [0.25, 0.3) is 0 Å². The predicted octanol–water partition coefficient (Wildman–Crippen LogP) is 2.50. The van der Waals surface area contributed by atoms with Crippen molar-refractivity contribution in [3.63, 3.8) is 0 Å². The number of hydrogen-bond acceptors (Lipinski definition) is 8. The number of ether oxygens (including phenoxy) is 3. The molecule has 0 aromatic heterocycles. The Kier molecular flexibility index (Phi) is 13.5. The maximum Gasteiger partial charge on any atom is 0.408 e. The summed E-state index contributed by atoms with van der Waals surface area (Å²) in [6, 6.07) is 6.59. The number of esters is 1. The number of carbonyl (C=O) groups is 5. The van der Waals surface area contributed by atoms with E-state index in [1.807, 2.05) is 6.07 Å². The van der Waals surface area contributed by atoms with Gasteiger partial charge in [-0.05, 0) is 52.0 Å². The molecule has 37 heavy (non-hydrogen) atoms. The van der Waals surface area contributed by atoms with Crippen molar-refractivity contribution in [1.82, 2.24) is 16.0 Å². The Hall–Kier alpha value is -3.83. The highest BCUT2D eigenvalue weighted by Gasteiger charge is 2.28. The molecule has 206 valence electrons. The Morgan fingerprint density at radius 1 is 0.919 bits per heavy atom. The molecule has 0 aliphatic heterocycles. The minimum Gasteiger partial charge on any atom is -0.481 e. The van der Waals surface area contributed by atoms with Gasteiger partial charge >= 0.3 is 24.1 Å². The van der Waals surface area contributed by atoms with E-state index < -0.39 is 54.1 Å². The normalized spacial score (nSPS) is 12.4. The summed E-state index contributed by atoms with van der Waals surface area (Å²) in [4.78, 5) is 60.0. The van der Waals surface area contributed by atoms with Gasteiger partial charge in [-0.25, -0.2) is 14.4 Å². The van der Waals surface area contributed by atoms with Crippen molar-refractivity contribution in [2.75, 3.05) is 13.7 Å². The van der Waals surface area contributed by atoms with Crippen LogP contribution in [-0.4, -0.2) is 66.5 Å². The maximum atomic E-state index is 12.9. The first-order chi connectivity index (χ1) is 17.4. The standard InChI is InChI=1S/C25H37N3O9/c1-25(2,3)37-23(33)26-15-9-8-12-19(22(32)35-4)27-21(31)18(13-14-20(29)30)28-24(34)36-16-17-10-6-5-7-11-17/h5-7,10-11,18-19H,8-9,12-16H2,1-4H3,(H,26,33)(H,27,31)(H,28,34)(H,29,30)/t18-,19-/m0/s1. The molecule has 2 atom stereocenters. The van der Waals surface area contributed by atoms with E-state index in [1.165, 1.54) is 7.11 Å². The van der Waals surface area contributed by atoms with E-state index in [9.17, 15) is 24.0 Å². The van der Waals surface area contributed by atoms with E-state index in [4.69, 9.17) is 19.3 Å². The fourth-order valence-electron chi connectivity index (χ4n) is 3.09. The van der Waals surface area contributed by atoms with Crippen LogP contribution in [0.2, 0.25) is 0 Å². The van der Waals surface area contributed by atoms with Crippen molar-refractivity contribution >= 4 is 30.0 Å². The van der Waals surface area contributed by atoms with Crippen LogP contribution in [0, 0.1) is 0 Å². The predicted molar refractivity (Wildman–Crippen MR) is 132 cm³/mol. The summed E-state index contributed by atoms with van der Waals surface area (Å²) in [7, 11) is 1.17. The van der Waals surface area contributed by atoms with Gasteiger partial charge in [-0.3, -0.25) is 9.59 Å². The number of carboxylic acid groups (broad SMARTS) is 1. The molecule has 3 amide bonds. The molecule has 0 bridgehead atoms. The molecule has 0 heterocycles. The molecular weight excluding hydrogens is 486 g/mol.